The van der Waals surface area contributed by atoms with E-state index in [-0.39, 0.29) is 0 Å². The summed E-state index contributed by atoms with van der Waals surface area (Å²) in [5.74, 6) is 1.12. The molecule has 1 aromatic heterocycles. The summed E-state index contributed by atoms with van der Waals surface area (Å²) in [6, 6.07) is 14.7. The Hall–Kier alpha value is -2.75. The molecule has 0 radical (unpaired) electrons. The van der Waals surface area contributed by atoms with Crippen molar-refractivity contribution in [1.82, 2.24) is 0 Å². The molecular weight excluding hydrogens is 268 g/mol. The van der Waals surface area contributed by atoms with E-state index in [1.165, 1.54) is 7.11 Å². The van der Waals surface area contributed by atoms with Crippen LogP contribution in [0.15, 0.2) is 57.7 Å². The van der Waals surface area contributed by atoms with Gasteiger partial charge in [0.15, 0.2) is 11.3 Å². The molecule has 0 spiro atoms. The van der Waals surface area contributed by atoms with Crippen molar-refractivity contribution in [2.45, 2.75) is 0 Å². The van der Waals surface area contributed by atoms with Gasteiger partial charge in [-0.15, -0.1) is 0 Å². The third-order valence-electron chi connectivity index (χ3n) is 3.31. The maximum Gasteiger partial charge on any atom is 0.344 e. The highest BCUT2D eigenvalue weighted by Crippen LogP contribution is 2.32. The van der Waals surface area contributed by atoms with Crippen LogP contribution in [0.4, 0.5) is 0 Å². The van der Waals surface area contributed by atoms with E-state index in [1.54, 1.807) is 19.2 Å². The molecular formula is C17H14O4. The van der Waals surface area contributed by atoms with Crippen LogP contribution >= 0.6 is 0 Å². The first-order chi connectivity index (χ1) is 10.2. The molecule has 0 saturated carbocycles. The Morgan fingerprint density at radius 1 is 0.952 bits per heavy atom. The highest BCUT2D eigenvalue weighted by molar-refractivity contribution is 5.87. The van der Waals surface area contributed by atoms with Crippen molar-refractivity contribution in [3.63, 3.8) is 0 Å². The van der Waals surface area contributed by atoms with E-state index in [1.807, 2.05) is 36.4 Å². The van der Waals surface area contributed by atoms with Gasteiger partial charge >= 0.3 is 5.63 Å². The lowest BCUT2D eigenvalue weighted by molar-refractivity contribution is 0.390. The molecule has 1 heterocycles. The molecule has 0 aliphatic heterocycles. The number of ether oxygens (including phenoxy) is 2. The minimum atomic E-state index is -0.392. The molecule has 0 amide bonds. The average Bonchev–Trinajstić information content (AvgIpc) is 2.54. The summed E-state index contributed by atoms with van der Waals surface area (Å²) in [5.41, 5.74) is 1.36. The molecule has 0 saturated heterocycles. The van der Waals surface area contributed by atoms with Gasteiger partial charge in [-0.1, -0.05) is 30.3 Å². The van der Waals surface area contributed by atoms with Gasteiger partial charge in [-0.3, -0.25) is 0 Å². The van der Waals surface area contributed by atoms with Crippen LogP contribution < -0.4 is 15.1 Å². The van der Waals surface area contributed by atoms with Crippen molar-refractivity contribution in [3.05, 3.63) is 59.0 Å². The molecule has 0 N–H and O–H groups in total. The molecule has 0 aliphatic carbocycles. The van der Waals surface area contributed by atoms with Crippen LogP contribution in [0.1, 0.15) is 0 Å². The summed E-state index contributed by atoms with van der Waals surface area (Å²) < 4.78 is 15.9. The number of benzene rings is 2. The first-order valence-corrected chi connectivity index (χ1v) is 6.48. The molecule has 106 valence electrons. The Balaban J connectivity index is 2.30. The second kappa shape index (κ2) is 5.32. The zero-order valence-corrected chi connectivity index (χ0v) is 11.8. The van der Waals surface area contributed by atoms with Crippen molar-refractivity contribution in [3.8, 4) is 22.6 Å². The van der Waals surface area contributed by atoms with Crippen molar-refractivity contribution in [2.75, 3.05) is 14.2 Å². The Morgan fingerprint density at radius 2 is 1.71 bits per heavy atom. The summed E-state index contributed by atoms with van der Waals surface area (Å²) >= 11 is 0. The average molecular weight is 282 g/mol. The minimum absolute atomic E-state index is 0.392. The molecule has 4 nitrogen and oxygen atoms in total. The smallest absolute Gasteiger partial charge is 0.344 e. The summed E-state index contributed by atoms with van der Waals surface area (Å²) in [6.07, 6.45) is 0. The molecule has 0 atom stereocenters. The highest BCUT2D eigenvalue weighted by Gasteiger charge is 2.12. The van der Waals surface area contributed by atoms with Crippen molar-refractivity contribution >= 4 is 11.0 Å². The molecule has 0 aliphatic rings. The largest absolute Gasteiger partial charge is 0.497 e. The van der Waals surface area contributed by atoms with Crippen molar-refractivity contribution in [2.24, 2.45) is 0 Å². The van der Waals surface area contributed by atoms with Gasteiger partial charge in [0.05, 0.1) is 19.8 Å². The first-order valence-electron chi connectivity index (χ1n) is 6.48. The highest BCUT2D eigenvalue weighted by atomic mass is 16.5. The normalized spacial score (nSPS) is 10.6. The van der Waals surface area contributed by atoms with Crippen LogP contribution in [-0.4, -0.2) is 14.2 Å². The number of hydrogen-bond acceptors (Lipinski definition) is 4. The van der Waals surface area contributed by atoms with E-state index < -0.39 is 5.63 Å². The Labute approximate surface area is 121 Å². The monoisotopic (exact) mass is 282 g/mol. The minimum Gasteiger partial charge on any atom is -0.497 e. The maximum atomic E-state index is 12.2. The SMILES string of the molecule is COc1cc(OC)c2oc(=O)c(-c3ccccc3)cc2c1. The fourth-order valence-corrected chi connectivity index (χ4v) is 2.26. The Bertz CT molecular complexity index is 835. The molecule has 0 fully saturated rings. The lowest BCUT2D eigenvalue weighted by atomic mass is 10.1. The van der Waals surface area contributed by atoms with Crippen LogP contribution in [0, 0.1) is 0 Å². The zero-order chi connectivity index (χ0) is 14.8. The molecule has 2 aromatic carbocycles. The Morgan fingerprint density at radius 3 is 2.38 bits per heavy atom. The standard InChI is InChI=1S/C17H14O4/c1-19-13-8-12-9-14(11-6-4-3-5-7-11)17(18)21-16(12)15(10-13)20-2/h3-10H,1-2H3. The second-order valence-corrected chi connectivity index (χ2v) is 4.56. The first kappa shape index (κ1) is 13.2. The molecule has 0 unspecified atom stereocenters. The van der Waals surface area contributed by atoms with E-state index >= 15 is 0 Å². The number of rotatable bonds is 3. The van der Waals surface area contributed by atoms with Crippen molar-refractivity contribution < 1.29 is 13.9 Å². The van der Waals surface area contributed by atoms with Crippen LogP contribution in [0.25, 0.3) is 22.1 Å². The van der Waals surface area contributed by atoms with Gasteiger partial charge < -0.3 is 13.9 Å². The Kier molecular flexibility index (Phi) is 3.36. The maximum absolute atomic E-state index is 12.2. The van der Waals surface area contributed by atoms with E-state index in [0.29, 0.717) is 22.6 Å². The van der Waals surface area contributed by atoms with Gasteiger partial charge in [-0.2, -0.15) is 0 Å². The van der Waals surface area contributed by atoms with Gasteiger partial charge in [-0.25, -0.2) is 4.79 Å². The summed E-state index contributed by atoms with van der Waals surface area (Å²) in [4.78, 5) is 12.2. The predicted octanol–water partition coefficient (Wildman–Crippen LogP) is 3.48. The third-order valence-corrected chi connectivity index (χ3v) is 3.31. The van der Waals surface area contributed by atoms with Gasteiger partial charge in [0.1, 0.15) is 5.75 Å². The topological polar surface area (TPSA) is 48.7 Å². The molecule has 0 bridgehead atoms. The molecule has 4 heteroatoms. The zero-order valence-electron chi connectivity index (χ0n) is 11.8. The molecule has 3 aromatic rings. The summed E-state index contributed by atoms with van der Waals surface area (Å²) in [5, 5.41) is 0.754. The van der Waals surface area contributed by atoms with E-state index in [0.717, 1.165) is 10.9 Å². The quantitative estimate of drug-likeness (QED) is 0.690. The van der Waals surface area contributed by atoms with Crippen molar-refractivity contribution in [1.29, 1.82) is 0 Å². The van der Waals surface area contributed by atoms with Crippen LogP contribution in [0.5, 0.6) is 11.5 Å². The lowest BCUT2D eigenvalue weighted by Crippen LogP contribution is -2.03. The van der Waals surface area contributed by atoms with Gasteiger partial charge in [0, 0.05) is 11.5 Å². The van der Waals surface area contributed by atoms with Crippen LogP contribution in [0.3, 0.4) is 0 Å². The predicted molar refractivity (Wildman–Crippen MR) is 81.0 cm³/mol. The fourth-order valence-electron chi connectivity index (χ4n) is 2.26. The van der Waals surface area contributed by atoms with Crippen LogP contribution in [-0.2, 0) is 0 Å². The molecule has 3 rings (SSSR count). The van der Waals surface area contributed by atoms with Gasteiger partial charge in [0.2, 0.25) is 0 Å². The van der Waals surface area contributed by atoms with Gasteiger partial charge in [-0.05, 0) is 17.7 Å². The summed E-state index contributed by atoms with van der Waals surface area (Å²) in [6.45, 7) is 0. The van der Waals surface area contributed by atoms with E-state index in [2.05, 4.69) is 0 Å². The fraction of sp³-hybridized carbons (Fsp3) is 0.118. The van der Waals surface area contributed by atoms with Gasteiger partial charge in [0.25, 0.3) is 0 Å². The molecule has 21 heavy (non-hydrogen) atoms. The summed E-state index contributed by atoms with van der Waals surface area (Å²) in [7, 11) is 3.11. The van der Waals surface area contributed by atoms with E-state index in [4.69, 9.17) is 13.9 Å². The van der Waals surface area contributed by atoms with E-state index in [9.17, 15) is 4.79 Å². The number of hydrogen-bond donors (Lipinski definition) is 0. The number of methoxy groups -OCH3 is 2. The number of fused-ring (bicyclic) bond motifs is 1. The van der Waals surface area contributed by atoms with Crippen LogP contribution in [0.2, 0.25) is 0 Å². The lowest BCUT2D eigenvalue weighted by Gasteiger charge is -2.08. The second-order valence-electron chi connectivity index (χ2n) is 4.56. The third kappa shape index (κ3) is 2.36.